The topological polar surface area (TPSA) is 99.1 Å². The van der Waals surface area contributed by atoms with Crippen LogP contribution in [0.15, 0.2) is 49.6 Å². The quantitative estimate of drug-likeness (QED) is 0.442. The summed E-state index contributed by atoms with van der Waals surface area (Å²) in [5.74, 6) is -3.29. The molecule has 0 aliphatic heterocycles. The number of hydrogen-bond acceptors (Lipinski definition) is 6. The Morgan fingerprint density at radius 3 is 2.09 bits per heavy atom. The van der Waals surface area contributed by atoms with Gasteiger partial charge in [0.25, 0.3) is 0 Å². The van der Waals surface area contributed by atoms with E-state index in [0.29, 0.717) is 0 Å². The van der Waals surface area contributed by atoms with Crippen LogP contribution in [0.5, 0.6) is 5.75 Å². The third-order valence-electron chi connectivity index (χ3n) is 2.53. The van der Waals surface area contributed by atoms with Gasteiger partial charge in [0.2, 0.25) is 17.3 Å². The van der Waals surface area contributed by atoms with Gasteiger partial charge in [-0.3, -0.25) is 0 Å². The standard InChI is InChI=1S/C15H15NO7/c1-4-13(17)22-16(6-3,23-14(18)5-2)21-12-10-8-7-9-11(12)15(19)20/h4-5,7-10H,1-2,6H2,3H3/p+1. The lowest BCUT2D eigenvalue weighted by Gasteiger charge is -2.26. The molecule has 1 aromatic carbocycles. The van der Waals surface area contributed by atoms with Crippen LogP contribution < -0.4 is 4.84 Å². The van der Waals surface area contributed by atoms with Crippen LogP contribution in [0.2, 0.25) is 0 Å². The molecular formula is C15H16NO7+. The average Bonchev–Trinajstić information content (AvgIpc) is 2.54. The smallest absolute Gasteiger partial charge is 0.401 e. The molecule has 0 spiro atoms. The lowest BCUT2D eigenvalue weighted by Crippen LogP contribution is -2.53. The molecule has 8 nitrogen and oxygen atoms in total. The molecule has 0 atom stereocenters. The lowest BCUT2D eigenvalue weighted by molar-refractivity contribution is -1.33. The zero-order valence-electron chi connectivity index (χ0n) is 12.4. The highest BCUT2D eigenvalue weighted by atomic mass is 17.2. The zero-order chi connectivity index (χ0) is 17.5. The minimum absolute atomic E-state index is 0.157. The van der Waals surface area contributed by atoms with Gasteiger partial charge in [-0.1, -0.05) is 25.3 Å². The average molecular weight is 322 g/mol. The highest BCUT2D eigenvalue weighted by molar-refractivity contribution is 5.90. The lowest BCUT2D eigenvalue weighted by atomic mass is 10.2. The first-order valence-electron chi connectivity index (χ1n) is 6.49. The van der Waals surface area contributed by atoms with E-state index in [1.807, 2.05) is 0 Å². The molecule has 8 heteroatoms. The predicted molar refractivity (Wildman–Crippen MR) is 77.4 cm³/mol. The summed E-state index contributed by atoms with van der Waals surface area (Å²) in [5.41, 5.74) is -0.201. The van der Waals surface area contributed by atoms with E-state index in [2.05, 4.69) is 13.2 Å². The Morgan fingerprint density at radius 2 is 1.65 bits per heavy atom. The van der Waals surface area contributed by atoms with Gasteiger partial charge in [0.1, 0.15) is 5.56 Å². The van der Waals surface area contributed by atoms with E-state index in [4.69, 9.17) is 19.6 Å². The van der Waals surface area contributed by atoms with Crippen molar-refractivity contribution in [1.29, 1.82) is 0 Å². The molecule has 1 N–H and O–H groups in total. The van der Waals surface area contributed by atoms with Crippen molar-refractivity contribution in [3.05, 3.63) is 55.1 Å². The third kappa shape index (κ3) is 4.68. The van der Waals surface area contributed by atoms with Crippen LogP contribution in [0.3, 0.4) is 0 Å². The molecule has 0 bridgehead atoms. The fraction of sp³-hybridized carbons (Fsp3) is 0.133. The van der Waals surface area contributed by atoms with Crippen molar-refractivity contribution in [2.75, 3.05) is 6.54 Å². The van der Waals surface area contributed by atoms with Crippen molar-refractivity contribution in [2.45, 2.75) is 6.92 Å². The van der Waals surface area contributed by atoms with Crippen molar-refractivity contribution in [1.82, 2.24) is 0 Å². The fourth-order valence-corrected chi connectivity index (χ4v) is 1.47. The summed E-state index contributed by atoms with van der Waals surface area (Å²) in [5, 5.41) is 9.16. The summed E-state index contributed by atoms with van der Waals surface area (Å²) >= 11 is 0. The Hall–Kier alpha value is -3.13. The number of carboxylic acids is 1. The minimum Gasteiger partial charge on any atom is -0.478 e. The summed E-state index contributed by atoms with van der Waals surface area (Å²) in [6.45, 7) is 7.81. The number of quaternary nitrogens is 1. The number of hydrogen-bond donors (Lipinski definition) is 1. The number of carbonyl (C=O) groups excluding carboxylic acids is 2. The van der Waals surface area contributed by atoms with E-state index >= 15 is 0 Å². The van der Waals surface area contributed by atoms with Gasteiger partial charge in [0, 0.05) is 12.2 Å². The second kappa shape index (κ2) is 7.76. The maximum Gasteiger partial charge on any atom is 0.401 e. The summed E-state index contributed by atoms with van der Waals surface area (Å²) < 4.78 is 0. The van der Waals surface area contributed by atoms with Gasteiger partial charge in [-0.2, -0.15) is 9.68 Å². The van der Waals surface area contributed by atoms with Crippen molar-refractivity contribution in [3.63, 3.8) is 0 Å². The van der Waals surface area contributed by atoms with Crippen LogP contribution in [-0.4, -0.2) is 34.5 Å². The molecule has 0 amide bonds. The van der Waals surface area contributed by atoms with E-state index in [0.717, 1.165) is 12.2 Å². The Balaban J connectivity index is 3.25. The van der Waals surface area contributed by atoms with Gasteiger partial charge < -0.3 is 5.11 Å². The normalized spacial score (nSPS) is 10.3. The molecule has 1 aromatic rings. The fourth-order valence-electron chi connectivity index (χ4n) is 1.47. The maximum absolute atomic E-state index is 11.5. The number of rotatable bonds is 8. The predicted octanol–water partition coefficient (Wildman–Crippen LogP) is 1.80. The van der Waals surface area contributed by atoms with E-state index < -0.39 is 22.9 Å². The Kier molecular flexibility index (Phi) is 6.04. The first-order valence-corrected chi connectivity index (χ1v) is 6.49. The Labute approximate surface area is 132 Å². The molecular weight excluding hydrogens is 306 g/mol. The molecule has 122 valence electrons. The third-order valence-corrected chi connectivity index (χ3v) is 2.53. The molecule has 0 saturated heterocycles. The first-order chi connectivity index (χ1) is 10.9. The molecule has 1 rings (SSSR count). The van der Waals surface area contributed by atoms with Crippen LogP contribution in [0.1, 0.15) is 17.3 Å². The monoisotopic (exact) mass is 322 g/mol. The molecule has 0 unspecified atom stereocenters. The minimum atomic E-state index is -1.36. The number of aromatic carboxylic acids is 1. The zero-order valence-corrected chi connectivity index (χ0v) is 12.4. The second-order valence-corrected chi connectivity index (χ2v) is 4.05. The molecule has 0 aromatic heterocycles. The van der Waals surface area contributed by atoms with Crippen LogP contribution in [0.4, 0.5) is 0 Å². The van der Waals surface area contributed by atoms with E-state index in [1.165, 1.54) is 31.2 Å². The summed E-state index contributed by atoms with van der Waals surface area (Å²) in [7, 11) is 0. The Bertz CT molecular complexity index is 616. The number of hydroxylamine groups is 3. The van der Waals surface area contributed by atoms with E-state index in [9.17, 15) is 14.4 Å². The molecule has 0 saturated carbocycles. The maximum atomic E-state index is 11.5. The van der Waals surface area contributed by atoms with Crippen LogP contribution >= 0.6 is 0 Å². The molecule has 23 heavy (non-hydrogen) atoms. The summed E-state index contributed by atoms with van der Waals surface area (Å²) in [6, 6.07) is 5.61. The Morgan fingerprint density at radius 1 is 1.13 bits per heavy atom. The molecule has 0 heterocycles. The van der Waals surface area contributed by atoms with Crippen molar-refractivity contribution >= 4 is 17.9 Å². The molecule has 0 radical (unpaired) electrons. The van der Waals surface area contributed by atoms with Gasteiger partial charge in [-0.15, -0.1) is 0 Å². The molecule has 0 aliphatic carbocycles. The van der Waals surface area contributed by atoms with Crippen LogP contribution in [-0.2, 0) is 19.3 Å². The molecule has 0 aliphatic rings. The van der Waals surface area contributed by atoms with Gasteiger partial charge in [0.15, 0.2) is 0 Å². The number of nitrogens with zero attached hydrogens (tertiary/aromatic N) is 1. The highest BCUT2D eigenvalue weighted by Gasteiger charge is 2.41. The van der Waals surface area contributed by atoms with E-state index in [-0.39, 0.29) is 17.9 Å². The van der Waals surface area contributed by atoms with Crippen molar-refractivity contribution in [2.24, 2.45) is 0 Å². The largest absolute Gasteiger partial charge is 0.478 e. The second-order valence-electron chi connectivity index (χ2n) is 4.05. The van der Waals surface area contributed by atoms with E-state index in [1.54, 1.807) is 0 Å². The number of carbonyl (C=O) groups is 3. The van der Waals surface area contributed by atoms with Gasteiger partial charge >= 0.3 is 17.9 Å². The summed E-state index contributed by atoms with van der Waals surface area (Å²) in [4.78, 5) is 48.1. The first kappa shape index (κ1) is 17.9. The summed E-state index contributed by atoms with van der Waals surface area (Å²) in [6.07, 6.45) is 1.69. The van der Waals surface area contributed by atoms with Crippen LogP contribution in [0.25, 0.3) is 0 Å². The SMILES string of the molecule is C=CC(=O)O[N+](CC)(OC(=O)C=C)Oc1ccccc1C(=O)O. The number of carboxylic acid groups (broad SMARTS) is 1. The van der Waals surface area contributed by atoms with Crippen molar-refractivity contribution in [3.8, 4) is 5.75 Å². The van der Waals surface area contributed by atoms with Gasteiger partial charge in [0.05, 0.1) is 0 Å². The number of benzene rings is 1. The molecule has 0 fully saturated rings. The van der Waals surface area contributed by atoms with Crippen LogP contribution in [0, 0.1) is 0 Å². The van der Waals surface area contributed by atoms with Gasteiger partial charge in [-0.25, -0.2) is 19.2 Å². The van der Waals surface area contributed by atoms with Gasteiger partial charge in [-0.05, 0) is 19.1 Å². The van der Waals surface area contributed by atoms with Crippen molar-refractivity contribution < 1.29 is 39.0 Å². The number of para-hydroxylation sites is 1. The highest BCUT2D eigenvalue weighted by Crippen LogP contribution is 2.24.